The van der Waals surface area contributed by atoms with Gasteiger partial charge in [-0.2, -0.15) is 0 Å². The van der Waals surface area contributed by atoms with Crippen LogP contribution in [0.4, 0.5) is 0 Å². The number of piperazine rings is 1. The Morgan fingerprint density at radius 3 is 2.71 bits per heavy atom. The average Bonchev–Trinajstić information content (AvgIpc) is 3.22. The molecule has 0 unspecified atom stereocenters. The van der Waals surface area contributed by atoms with E-state index in [1.165, 1.54) is 11.8 Å². The second-order valence-corrected chi connectivity index (χ2v) is 7.08. The Bertz CT molecular complexity index is 691. The predicted molar refractivity (Wildman–Crippen MR) is 90.8 cm³/mol. The third kappa shape index (κ3) is 3.64. The van der Waals surface area contributed by atoms with Crippen LogP contribution in [0.3, 0.4) is 0 Å². The van der Waals surface area contributed by atoms with Gasteiger partial charge in [-0.05, 0) is 26.5 Å². The van der Waals surface area contributed by atoms with Crippen LogP contribution in [0.5, 0.6) is 0 Å². The first-order valence-electron chi connectivity index (χ1n) is 8.14. The molecule has 2 aromatic heterocycles. The maximum absolute atomic E-state index is 12.6. The summed E-state index contributed by atoms with van der Waals surface area (Å²) >= 11 is 1.30. The first kappa shape index (κ1) is 17.0. The first-order valence-corrected chi connectivity index (χ1v) is 9.02. The Hall–Kier alpha value is -1.80. The predicted octanol–water partition coefficient (Wildman–Crippen LogP) is 2.28. The third-order valence-electron chi connectivity index (χ3n) is 4.25. The Morgan fingerprint density at radius 2 is 2.08 bits per heavy atom. The lowest BCUT2D eigenvalue weighted by Gasteiger charge is -2.35. The van der Waals surface area contributed by atoms with Gasteiger partial charge in [0.2, 0.25) is 5.91 Å². The zero-order valence-electron chi connectivity index (χ0n) is 14.2. The number of amides is 1. The molecule has 2 aromatic rings. The molecule has 7 nitrogen and oxygen atoms in total. The van der Waals surface area contributed by atoms with E-state index < -0.39 is 0 Å². The first-order chi connectivity index (χ1) is 11.6. The van der Waals surface area contributed by atoms with Crippen LogP contribution in [0.25, 0.3) is 11.5 Å². The van der Waals surface area contributed by atoms with E-state index >= 15 is 0 Å². The molecule has 0 aliphatic carbocycles. The number of carbonyl (C=O) groups is 1. The van der Waals surface area contributed by atoms with Crippen molar-refractivity contribution in [3.8, 4) is 11.5 Å². The summed E-state index contributed by atoms with van der Waals surface area (Å²) in [5.74, 6) is 1.27. The van der Waals surface area contributed by atoms with Crippen molar-refractivity contribution in [1.29, 1.82) is 0 Å². The summed E-state index contributed by atoms with van der Waals surface area (Å²) in [6.07, 6.45) is 1.59. The molecule has 1 amide bonds. The highest BCUT2D eigenvalue weighted by atomic mass is 32.2. The summed E-state index contributed by atoms with van der Waals surface area (Å²) in [5, 5.41) is 8.22. The van der Waals surface area contributed by atoms with Crippen LogP contribution in [0, 0.1) is 6.92 Å². The fraction of sp³-hybridized carbons (Fsp3) is 0.562. The number of thioether (sulfide) groups is 1. The van der Waals surface area contributed by atoms with E-state index in [1.54, 1.807) is 12.3 Å². The van der Waals surface area contributed by atoms with Gasteiger partial charge in [-0.1, -0.05) is 18.7 Å². The molecule has 8 heteroatoms. The molecule has 3 rings (SSSR count). The number of furan rings is 1. The highest BCUT2D eigenvalue weighted by molar-refractivity contribution is 8.00. The van der Waals surface area contributed by atoms with E-state index in [0.29, 0.717) is 11.1 Å². The normalized spacial score (nSPS) is 17.2. The Labute approximate surface area is 145 Å². The minimum absolute atomic E-state index is 0.120. The van der Waals surface area contributed by atoms with Crippen LogP contribution in [0.1, 0.15) is 19.6 Å². The van der Waals surface area contributed by atoms with E-state index in [1.807, 2.05) is 18.7 Å². The van der Waals surface area contributed by atoms with E-state index in [9.17, 15) is 4.79 Å². The zero-order chi connectivity index (χ0) is 17.1. The molecule has 0 bridgehead atoms. The van der Waals surface area contributed by atoms with Crippen molar-refractivity contribution in [2.24, 2.45) is 0 Å². The minimum atomic E-state index is -0.253. The van der Waals surface area contributed by atoms with E-state index in [4.69, 9.17) is 8.83 Å². The maximum Gasteiger partial charge on any atom is 0.277 e. The molecule has 130 valence electrons. The molecule has 0 radical (unpaired) electrons. The molecular weight excluding hydrogens is 328 g/mol. The van der Waals surface area contributed by atoms with Crippen LogP contribution in [-0.2, 0) is 4.79 Å². The van der Waals surface area contributed by atoms with Gasteiger partial charge in [0, 0.05) is 26.2 Å². The standard InChI is InChI=1S/C16H22N4O3S/c1-4-19-6-8-20(9-7-19)15(21)12(3)24-16-18-17-14(23-16)13-5-10-22-11(13)2/h5,10,12H,4,6-9H2,1-3H3/t12-/m0/s1. The largest absolute Gasteiger partial charge is 0.469 e. The highest BCUT2D eigenvalue weighted by Crippen LogP contribution is 2.29. The molecule has 0 N–H and O–H groups in total. The number of likely N-dealkylation sites (N-methyl/N-ethyl adjacent to an activating group) is 1. The van der Waals surface area contributed by atoms with Crippen molar-refractivity contribution in [2.45, 2.75) is 31.2 Å². The Balaban J connectivity index is 1.59. The molecule has 3 heterocycles. The van der Waals surface area contributed by atoms with Crippen LogP contribution < -0.4 is 0 Å². The van der Waals surface area contributed by atoms with Crippen molar-refractivity contribution < 1.29 is 13.6 Å². The summed E-state index contributed by atoms with van der Waals surface area (Å²) in [5.41, 5.74) is 0.781. The van der Waals surface area contributed by atoms with E-state index in [-0.39, 0.29) is 11.2 Å². The van der Waals surface area contributed by atoms with Crippen LogP contribution in [0.15, 0.2) is 26.4 Å². The van der Waals surface area contributed by atoms with Gasteiger partial charge >= 0.3 is 0 Å². The third-order valence-corrected chi connectivity index (χ3v) is 5.17. The summed E-state index contributed by atoms with van der Waals surface area (Å²) in [7, 11) is 0. The lowest BCUT2D eigenvalue weighted by atomic mass is 10.3. The molecule has 0 aromatic carbocycles. The Morgan fingerprint density at radius 1 is 1.33 bits per heavy atom. The van der Waals surface area contributed by atoms with Gasteiger partial charge in [0.05, 0.1) is 17.1 Å². The number of rotatable bonds is 5. The molecule has 1 aliphatic rings. The lowest BCUT2D eigenvalue weighted by Crippen LogP contribution is -2.50. The van der Waals surface area contributed by atoms with Gasteiger partial charge in [0.1, 0.15) is 5.76 Å². The fourth-order valence-corrected chi connectivity index (χ4v) is 3.48. The molecule has 24 heavy (non-hydrogen) atoms. The number of carbonyl (C=O) groups excluding carboxylic acids is 1. The van der Waals surface area contributed by atoms with Crippen molar-refractivity contribution >= 4 is 17.7 Å². The average molecular weight is 350 g/mol. The summed E-state index contributed by atoms with van der Waals surface area (Å²) in [4.78, 5) is 16.8. The van der Waals surface area contributed by atoms with Crippen LogP contribution in [0.2, 0.25) is 0 Å². The van der Waals surface area contributed by atoms with Crippen molar-refractivity contribution in [1.82, 2.24) is 20.0 Å². The van der Waals surface area contributed by atoms with Gasteiger partial charge in [0.25, 0.3) is 11.1 Å². The number of hydrogen-bond acceptors (Lipinski definition) is 7. The fourth-order valence-electron chi connectivity index (χ4n) is 2.72. The van der Waals surface area contributed by atoms with Gasteiger partial charge in [-0.3, -0.25) is 4.79 Å². The molecule has 1 atom stereocenters. The van der Waals surface area contributed by atoms with Gasteiger partial charge in [-0.25, -0.2) is 0 Å². The van der Waals surface area contributed by atoms with Crippen molar-refractivity contribution in [2.75, 3.05) is 32.7 Å². The second kappa shape index (κ2) is 7.40. The SMILES string of the molecule is CCN1CCN(C(=O)[C@H](C)Sc2nnc(-c3ccoc3C)o2)CC1. The molecule has 0 saturated carbocycles. The Kier molecular flexibility index (Phi) is 5.25. The summed E-state index contributed by atoms with van der Waals surface area (Å²) in [6, 6.07) is 1.79. The smallest absolute Gasteiger partial charge is 0.277 e. The number of aryl methyl sites for hydroxylation is 1. The number of nitrogens with zero attached hydrogens (tertiary/aromatic N) is 4. The van der Waals surface area contributed by atoms with Crippen LogP contribution in [-0.4, -0.2) is 63.9 Å². The molecule has 1 aliphatic heterocycles. The molecule has 1 fully saturated rings. The molecule has 1 saturated heterocycles. The van der Waals surface area contributed by atoms with Crippen molar-refractivity contribution in [3.05, 3.63) is 18.1 Å². The van der Waals surface area contributed by atoms with Crippen LogP contribution >= 0.6 is 11.8 Å². The number of aromatic nitrogens is 2. The lowest BCUT2D eigenvalue weighted by molar-refractivity contribution is -0.132. The number of hydrogen-bond donors (Lipinski definition) is 0. The maximum atomic E-state index is 12.6. The monoisotopic (exact) mass is 350 g/mol. The quantitative estimate of drug-likeness (QED) is 0.766. The van der Waals surface area contributed by atoms with Gasteiger partial charge in [-0.15, -0.1) is 10.2 Å². The molecule has 0 spiro atoms. The summed E-state index contributed by atoms with van der Waals surface area (Å²) in [6.45, 7) is 10.3. The van der Waals surface area contributed by atoms with Gasteiger partial charge in [0.15, 0.2) is 0 Å². The van der Waals surface area contributed by atoms with Gasteiger partial charge < -0.3 is 18.6 Å². The minimum Gasteiger partial charge on any atom is -0.469 e. The van der Waals surface area contributed by atoms with E-state index in [2.05, 4.69) is 22.0 Å². The zero-order valence-corrected chi connectivity index (χ0v) is 15.0. The summed E-state index contributed by atoms with van der Waals surface area (Å²) < 4.78 is 10.9. The second-order valence-electron chi connectivity index (χ2n) is 5.78. The van der Waals surface area contributed by atoms with Crippen molar-refractivity contribution in [3.63, 3.8) is 0 Å². The molecular formula is C16H22N4O3S. The topological polar surface area (TPSA) is 75.6 Å². The highest BCUT2D eigenvalue weighted by Gasteiger charge is 2.26. The van der Waals surface area contributed by atoms with E-state index in [0.717, 1.165) is 44.0 Å².